The summed E-state index contributed by atoms with van der Waals surface area (Å²) in [6.45, 7) is 2.15. The maximum Gasteiger partial charge on any atom is 0.255 e. The molecule has 0 aromatic heterocycles. The summed E-state index contributed by atoms with van der Waals surface area (Å²) in [6.07, 6.45) is 8.50. The molecule has 1 N–H and O–H groups in total. The van der Waals surface area contributed by atoms with Gasteiger partial charge in [0, 0.05) is 24.8 Å². The van der Waals surface area contributed by atoms with Crippen LogP contribution in [0.1, 0.15) is 55.3 Å². The van der Waals surface area contributed by atoms with E-state index in [4.69, 9.17) is 0 Å². The van der Waals surface area contributed by atoms with E-state index in [9.17, 15) is 4.79 Å². The van der Waals surface area contributed by atoms with E-state index in [0.29, 0.717) is 12.1 Å². The molecule has 1 amide bonds. The first-order valence-corrected chi connectivity index (χ1v) is 9.46. The highest BCUT2D eigenvalue weighted by Crippen LogP contribution is 2.25. The van der Waals surface area contributed by atoms with E-state index < -0.39 is 0 Å². The predicted molar refractivity (Wildman–Crippen MR) is 99.6 cm³/mol. The summed E-state index contributed by atoms with van der Waals surface area (Å²) in [6, 6.07) is 8.90. The Balaban J connectivity index is 1.69. The van der Waals surface area contributed by atoms with Gasteiger partial charge in [0.15, 0.2) is 0 Å². The summed E-state index contributed by atoms with van der Waals surface area (Å²) >= 11 is 0. The number of anilines is 1. The van der Waals surface area contributed by atoms with E-state index in [2.05, 4.69) is 23.3 Å². The van der Waals surface area contributed by atoms with Gasteiger partial charge >= 0.3 is 0 Å². The topological polar surface area (TPSA) is 35.6 Å². The standard InChI is InChI=1S/C20H31N3O/c1-22-14-12-17(13-15-22)23(2)20(24)18-10-6-7-11-19(18)21-16-8-4-3-5-9-16/h6-7,10-11,16-17,21H,3-5,8-9,12-15H2,1-2H3. The van der Waals surface area contributed by atoms with Crippen molar-refractivity contribution < 1.29 is 4.79 Å². The van der Waals surface area contributed by atoms with Gasteiger partial charge in [-0.1, -0.05) is 31.4 Å². The van der Waals surface area contributed by atoms with Gasteiger partial charge in [-0.3, -0.25) is 4.79 Å². The van der Waals surface area contributed by atoms with Crippen molar-refractivity contribution in [2.24, 2.45) is 0 Å². The molecule has 1 heterocycles. The van der Waals surface area contributed by atoms with E-state index >= 15 is 0 Å². The van der Waals surface area contributed by atoms with Gasteiger partial charge in [-0.25, -0.2) is 0 Å². The summed E-state index contributed by atoms with van der Waals surface area (Å²) in [4.78, 5) is 17.4. The zero-order valence-corrected chi connectivity index (χ0v) is 15.1. The Labute approximate surface area is 146 Å². The van der Waals surface area contributed by atoms with Crippen LogP contribution in [0.25, 0.3) is 0 Å². The number of hydrogen-bond acceptors (Lipinski definition) is 3. The second-order valence-corrected chi connectivity index (χ2v) is 7.48. The van der Waals surface area contributed by atoms with Gasteiger partial charge in [-0.15, -0.1) is 0 Å². The lowest BCUT2D eigenvalue weighted by Crippen LogP contribution is -2.44. The van der Waals surface area contributed by atoms with Gasteiger partial charge in [0.25, 0.3) is 5.91 Å². The third kappa shape index (κ3) is 4.10. The first kappa shape index (κ1) is 17.3. The molecular weight excluding hydrogens is 298 g/mol. The van der Waals surface area contributed by atoms with Crippen molar-refractivity contribution in [3.8, 4) is 0 Å². The maximum absolute atomic E-state index is 13.1. The first-order chi connectivity index (χ1) is 11.6. The Morgan fingerprint density at radius 3 is 2.46 bits per heavy atom. The average Bonchev–Trinajstić information content (AvgIpc) is 2.62. The van der Waals surface area contributed by atoms with E-state index in [0.717, 1.165) is 37.2 Å². The predicted octanol–water partition coefficient (Wildman–Crippen LogP) is 3.60. The van der Waals surface area contributed by atoms with Crippen LogP contribution in [0.4, 0.5) is 5.69 Å². The minimum Gasteiger partial charge on any atom is -0.382 e. The summed E-state index contributed by atoms with van der Waals surface area (Å²) in [5.74, 6) is 0.156. The van der Waals surface area contributed by atoms with Crippen LogP contribution in [0.5, 0.6) is 0 Å². The third-order valence-electron chi connectivity index (χ3n) is 5.68. The molecule has 0 spiro atoms. The lowest BCUT2D eigenvalue weighted by molar-refractivity contribution is 0.0660. The average molecular weight is 329 g/mol. The fraction of sp³-hybridized carbons (Fsp3) is 0.650. The number of nitrogens with zero attached hydrogens (tertiary/aromatic N) is 2. The number of nitrogens with one attached hydrogen (secondary N) is 1. The molecule has 1 saturated carbocycles. The number of hydrogen-bond donors (Lipinski definition) is 1. The highest BCUT2D eigenvalue weighted by atomic mass is 16.2. The number of para-hydroxylation sites is 1. The van der Waals surface area contributed by atoms with Crippen LogP contribution in [0.3, 0.4) is 0 Å². The van der Waals surface area contributed by atoms with Crippen LogP contribution in [-0.2, 0) is 0 Å². The first-order valence-electron chi connectivity index (χ1n) is 9.46. The molecule has 3 rings (SSSR count). The molecule has 132 valence electrons. The highest BCUT2D eigenvalue weighted by Gasteiger charge is 2.26. The normalized spacial score (nSPS) is 20.8. The Bertz CT molecular complexity index is 546. The lowest BCUT2D eigenvalue weighted by Gasteiger charge is -2.35. The van der Waals surface area contributed by atoms with Gasteiger partial charge in [0.2, 0.25) is 0 Å². The molecule has 1 aromatic carbocycles. The number of likely N-dealkylation sites (tertiary alicyclic amines) is 1. The third-order valence-corrected chi connectivity index (χ3v) is 5.68. The monoisotopic (exact) mass is 329 g/mol. The van der Waals surface area contributed by atoms with E-state index in [-0.39, 0.29) is 5.91 Å². The van der Waals surface area contributed by atoms with Gasteiger partial charge in [0.1, 0.15) is 0 Å². The fourth-order valence-electron chi connectivity index (χ4n) is 4.00. The van der Waals surface area contributed by atoms with Crippen LogP contribution in [0.15, 0.2) is 24.3 Å². The number of amides is 1. The molecule has 24 heavy (non-hydrogen) atoms. The van der Waals surface area contributed by atoms with Crippen LogP contribution >= 0.6 is 0 Å². The van der Waals surface area contributed by atoms with Crippen molar-refractivity contribution in [3.63, 3.8) is 0 Å². The Morgan fingerprint density at radius 2 is 1.75 bits per heavy atom. The molecule has 0 bridgehead atoms. The van der Waals surface area contributed by atoms with Gasteiger partial charge in [0.05, 0.1) is 5.56 Å². The van der Waals surface area contributed by atoms with Crippen LogP contribution in [0, 0.1) is 0 Å². The minimum atomic E-state index is 0.156. The molecular formula is C20H31N3O. The van der Waals surface area contributed by atoms with E-state index in [1.807, 2.05) is 30.1 Å². The summed E-state index contributed by atoms with van der Waals surface area (Å²) in [5.41, 5.74) is 1.83. The van der Waals surface area contributed by atoms with Crippen molar-refractivity contribution in [1.82, 2.24) is 9.80 Å². The molecule has 0 atom stereocenters. The number of piperidine rings is 1. The second-order valence-electron chi connectivity index (χ2n) is 7.48. The summed E-state index contributed by atoms with van der Waals surface area (Å²) < 4.78 is 0. The molecule has 2 aliphatic rings. The zero-order chi connectivity index (χ0) is 16.9. The SMILES string of the molecule is CN1CCC(N(C)C(=O)c2ccccc2NC2CCCCC2)CC1. The summed E-state index contributed by atoms with van der Waals surface area (Å²) in [7, 11) is 4.12. The summed E-state index contributed by atoms with van der Waals surface area (Å²) in [5, 5.41) is 3.64. The van der Waals surface area contributed by atoms with E-state index in [1.165, 1.54) is 32.1 Å². The molecule has 1 aliphatic heterocycles. The van der Waals surface area contributed by atoms with E-state index in [1.54, 1.807) is 0 Å². The van der Waals surface area contributed by atoms with Crippen molar-refractivity contribution in [3.05, 3.63) is 29.8 Å². The lowest BCUT2D eigenvalue weighted by atomic mass is 9.95. The van der Waals surface area contributed by atoms with Gasteiger partial charge in [-0.05, 0) is 58.0 Å². The Hall–Kier alpha value is -1.55. The Morgan fingerprint density at radius 1 is 1.08 bits per heavy atom. The molecule has 0 radical (unpaired) electrons. The van der Waals surface area contributed by atoms with Crippen LogP contribution < -0.4 is 5.32 Å². The van der Waals surface area contributed by atoms with Crippen molar-refractivity contribution in [2.75, 3.05) is 32.5 Å². The zero-order valence-electron chi connectivity index (χ0n) is 15.1. The van der Waals surface area contributed by atoms with Gasteiger partial charge < -0.3 is 15.1 Å². The van der Waals surface area contributed by atoms with Crippen molar-refractivity contribution >= 4 is 11.6 Å². The van der Waals surface area contributed by atoms with Crippen LogP contribution in [-0.4, -0.2) is 55.0 Å². The smallest absolute Gasteiger partial charge is 0.255 e. The van der Waals surface area contributed by atoms with Gasteiger partial charge in [-0.2, -0.15) is 0 Å². The minimum absolute atomic E-state index is 0.156. The van der Waals surface area contributed by atoms with Crippen LogP contribution in [0.2, 0.25) is 0 Å². The molecule has 1 aliphatic carbocycles. The molecule has 1 saturated heterocycles. The quantitative estimate of drug-likeness (QED) is 0.917. The molecule has 1 aromatic rings. The Kier molecular flexibility index (Phi) is 5.77. The number of benzene rings is 1. The molecule has 4 nitrogen and oxygen atoms in total. The highest BCUT2D eigenvalue weighted by molar-refractivity contribution is 5.99. The number of rotatable bonds is 4. The maximum atomic E-state index is 13.1. The second kappa shape index (κ2) is 8.02. The number of carbonyl (C=O) groups is 1. The fourth-order valence-corrected chi connectivity index (χ4v) is 4.00. The molecule has 4 heteroatoms. The molecule has 2 fully saturated rings. The van der Waals surface area contributed by atoms with Crippen molar-refractivity contribution in [2.45, 2.75) is 57.0 Å². The van der Waals surface area contributed by atoms with Crippen molar-refractivity contribution in [1.29, 1.82) is 0 Å². The molecule has 0 unspecified atom stereocenters. The number of carbonyl (C=O) groups excluding carboxylic acids is 1. The largest absolute Gasteiger partial charge is 0.382 e.